The number of halogens is 1. The number of amides is 2. The van der Waals surface area contributed by atoms with Crippen LogP contribution in [0.25, 0.3) is 0 Å². The van der Waals surface area contributed by atoms with Crippen LogP contribution in [0.4, 0.5) is 32.1 Å². The molecule has 2 aromatic rings. The van der Waals surface area contributed by atoms with E-state index in [0.717, 1.165) is 5.82 Å². The highest BCUT2D eigenvalue weighted by molar-refractivity contribution is 5.90. The summed E-state index contributed by atoms with van der Waals surface area (Å²) in [5.74, 6) is 0.242. The normalized spacial score (nSPS) is 18.8. The van der Waals surface area contributed by atoms with E-state index >= 15 is 0 Å². The molecule has 3 N–H and O–H groups in total. The third-order valence-corrected chi connectivity index (χ3v) is 5.47. The number of benzene rings is 1. The van der Waals surface area contributed by atoms with Crippen LogP contribution in [0.3, 0.4) is 0 Å². The number of hydrogen-bond acceptors (Lipinski definition) is 7. The summed E-state index contributed by atoms with van der Waals surface area (Å²) in [6.45, 7) is 4.47. The highest BCUT2D eigenvalue weighted by atomic mass is 19.1. The fourth-order valence-electron chi connectivity index (χ4n) is 3.85. The lowest BCUT2D eigenvalue weighted by atomic mass is 10.2. The number of pyridine rings is 1. The number of aromatic nitrogens is 1. The molecule has 0 aliphatic carbocycles. The molecule has 2 amide bonds. The van der Waals surface area contributed by atoms with Crippen LogP contribution >= 0.6 is 0 Å². The van der Waals surface area contributed by atoms with Crippen molar-refractivity contribution in [2.24, 2.45) is 0 Å². The molecule has 10 heteroatoms. The lowest BCUT2D eigenvalue weighted by molar-refractivity contribution is -0.119. The smallest absolute Gasteiger partial charge is 0.414 e. The molecule has 2 aliphatic heterocycles. The Morgan fingerprint density at radius 1 is 1.23 bits per heavy atom. The minimum Gasteiger partial charge on any atom is -0.447 e. The Balaban J connectivity index is 1.43. The third-order valence-electron chi connectivity index (χ3n) is 5.47. The molecule has 9 nitrogen and oxygen atoms in total. The van der Waals surface area contributed by atoms with Crippen LogP contribution in [-0.4, -0.2) is 62.4 Å². The standard InChI is InChI=1S/C21H25FN6O3/c1-14(29)24-12-17-13-31-21(30)28(17)16-3-4-19(18(22)10-16)26-6-8-27(9-7-26)20-5-2-15(23)11-25-20/h2-5,10-11,17H,6-9,12-13,23H2,1H3,(H,24,29). The van der Waals surface area contributed by atoms with Crippen molar-refractivity contribution >= 4 is 34.9 Å². The van der Waals surface area contributed by atoms with Gasteiger partial charge >= 0.3 is 6.09 Å². The van der Waals surface area contributed by atoms with E-state index in [9.17, 15) is 14.0 Å². The highest BCUT2D eigenvalue weighted by Gasteiger charge is 2.35. The zero-order valence-corrected chi connectivity index (χ0v) is 17.3. The van der Waals surface area contributed by atoms with Gasteiger partial charge in [0.05, 0.1) is 29.3 Å². The topological polar surface area (TPSA) is 104 Å². The van der Waals surface area contributed by atoms with E-state index in [1.54, 1.807) is 18.3 Å². The second kappa shape index (κ2) is 8.66. The van der Waals surface area contributed by atoms with Gasteiger partial charge in [-0.2, -0.15) is 0 Å². The molecule has 0 saturated carbocycles. The second-order valence-corrected chi connectivity index (χ2v) is 7.60. The van der Waals surface area contributed by atoms with E-state index < -0.39 is 11.9 Å². The number of anilines is 4. The summed E-state index contributed by atoms with van der Waals surface area (Å²) in [7, 11) is 0. The molecular weight excluding hydrogens is 403 g/mol. The zero-order chi connectivity index (χ0) is 22.0. The SMILES string of the molecule is CC(=O)NCC1COC(=O)N1c1ccc(N2CCN(c3ccc(N)cn3)CC2)c(F)c1. The summed E-state index contributed by atoms with van der Waals surface area (Å²) in [6, 6.07) is 8.05. The number of ether oxygens (including phenoxy) is 1. The van der Waals surface area contributed by atoms with Crippen LogP contribution in [0, 0.1) is 5.82 Å². The number of piperazine rings is 1. The number of hydrogen-bond donors (Lipinski definition) is 2. The summed E-state index contributed by atoms with van der Waals surface area (Å²) in [6.07, 6.45) is 1.08. The predicted molar refractivity (Wildman–Crippen MR) is 116 cm³/mol. The van der Waals surface area contributed by atoms with E-state index in [1.807, 2.05) is 17.0 Å². The first-order chi connectivity index (χ1) is 14.9. The van der Waals surface area contributed by atoms with Crippen molar-refractivity contribution in [3.63, 3.8) is 0 Å². The van der Waals surface area contributed by atoms with E-state index in [4.69, 9.17) is 10.5 Å². The van der Waals surface area contributed by atoms with Gasteiger partial charge in [-0.15, -0.1) is 0 Å². The van der Waals surface area contributed by atoms with Gasteiger partial charge in [0.1, 0.15) is 18.2 Å². The summed E-state index contributed by atoms with van der Waals surface area (Å²) in [4.78, 5) is 33.2. The number of carbonyl (C=O) groups is 2. The first kappa shape index (κ1) is 20.7. The molecule has 164 valence electrons. The molecule has 1 unspecified atom stereocenters. The predicted octanol–water partition coefficient (Wildman–Crippen LogP) is 1.59. The van der Waals surface area contributed by atoms with E-state index in [-0.39, 0.29) is 25.1 Å². The number of carbonyl (C=O) groups excluding carboxylic acids is 2. The van der Waals surface area contributed by atoms with Gasteiger partial charge in [-0.1, -0.05) is 0 Å². The number of cyclic esters (lactones) is 1. The van der Waals surface area contributed by atoms with Crippen LogP contribution in [0.15, 0.2) is 36.5 Å². The molecule has 1 aromatic carbocycles. The van der Waals surface area contributed by atoms with Gasteiger partial charge in [0.2, 0.25) is 5.91 Å². The Hall–Kier alpha value is -3.56. The Labute approximate surface area is 179 Å². The van der Waals surface area contributed by atoms with Crippen molar-refractivity contribution in [3.05, 3.63) is 42.3 Å². The Morgan fingerprint density at radius 3 is 2.61 bits per heavy atom. The molecule has 2 saturated heterocycles. The van der Waals surface area contributed by atoms with E-state index in [1.165, 1.54) is 17.9 Å². The molecule has 0 spiro atoms. The monoisotopic (exact) mass is 428 g/mol. The number of nitrogens with two attached hydrogens (primary N) is 1. The maximum Gasteiger partial charge on any atom is 0.414 e. The third kappa shape index (κ3) is 4.47. The molecule has 1 atom stereocenters. The lowest BCUT2D eigenvalue weighted by Crippen LogP contribution is -2.47. The molecule has 0 radical (unpaired) electrons. The van der Waals surface area contributed by atoms with Crippen molar-refractivity contribution in [1.29, 1.82) is 0 Å². The van der Waals surface area contributed by atoms with E-state index in [0.29, 0.717) is 43.2 Å². The van der Waals surface area contributed by atoms with Gasteiger partial charge in [-0.05, 0) is 30.3 Å². The van der Waals surface area contributed by atoms with Crippen LogP contribution in [0.1, 0.15) is 6.92 Å². The van der Waals surface area contributed by atoms with Gasteiger partial charge in [0, 0.05) is 39.6 Å². The number of rotatable bonds is 5. The highest BCUT2D eigenvalue weighted by Crippen LogP contribution is 2.29. The number of nitrogens with zero attached hydrogens (tertiary/aromatic N) is 4. The molecule has 0 bridgehead atoms. The Bertz CT molecular complexity index is 962. The minimum atomic E-state index is -0.549. The molecular formula is C21H25FN6O3. The van der Waals surface area contributed by atoms with E-state index in [2.05, 4.69) is 15.2 Å². The average molecular weight is 428 g/mol. The van der Waals surface area contributed by atoms with Crippen molar-refractivity contribution in [1.82, 2.24) is 10.3 Å². The Kier molecular flexibility index (Phi) is 5.79. The number of nitrogens with one attached hydrogen (secondary N) is 1. The van der Waals surface area contributed by atoms with Crippen molar-refractivity contribution < 1.29 is 18.7 Å². The molecule has 4 rings (SSSR count). The zero-order valence-electron chi connectivity index (χ0n) is 17.3. The van der Waals surface area contributed by atoms with Gasteiger partial charge in [-0.3, -0.25) is 9.69 Å². The molecule has 2 fully saturated rings. The average Bonchev–Trinajstić information content (AvgIpc) is 3.13. The summed E-state index contributed by atoms with van der Waals surface area (Å²) < 4.78 is 20.1. The fourth-order valence-corrected chi connectivity index (χ4v) is 3.85. The lowest BCUT2D eigenvalue weighted by Gasteiger charge is -2.37. The Morgan fingerprint density at radius 2 is 1.97 bits per heavy atom. The molecule has 3 heterocycles. The molecule has 1 aromatic heterocycles. The van der Waals surface area contributed by atoms with Gasteiger partial charge < -0.3 is 25.6 Å². The summed E-state index contributed by atoms with van der Waals surface area (Å²) in [5.41, 5.74) is 7.20. The molecule has 31 heavy (non-hydrogen) atoms. The van der Waals surface area contributed by atoms with Gasteiger partial charge in [0.25, 0.3) is 0 Å². The largest absolute Gasteiger partial charge is 0.447 e. The van der Waals surface area contributed by atoms with Crippen molar-refractivity contribution in [2.45, 2.75) is 13.0 Å². The maximum absolute atomic E-state index is 15.0. The second-order valence-electron chi connectivity index (χ2n) is 7.60. The van der Waals surface area contributed by atoms with Gasteiger partial charge in [-0.25, -0.2) is 14.2 Å². The minimum absolute atomic E-state index is 0.142. The van der Waals surface area contributed by atoms with Crippen LogP contribution in [0.5, 0.6) is 0 Å². The van der Waals surface area contributed by atoms with Crippen molar-refractivity contribution in [2.75, 3.05) is 59.8 Å². The van der Waals surface area contributed by atoms with Crippen LogP contribution in [0.2, 0.25) is 0 Å². The summed E-state index contributed by atoms with van der Waals surface area (Å²) >= 11 is 0. The quantitative estimate of drug-likeness (QED) is 0.745. The summed E-state index contributed by atoms with van der Waals surface area (Å²) in [5, 5.41) is 2.67. The first-order valence-corrected chi connectivity index (χ1v) is 10.1. The van der Waals surface area contributed by atoms with Crippen LogP contribution in [-0.2, 0) is 9.53 Å². The number of nitrogen functional groups attached to an aromatic ring is 1. The van der Waals surface area contributed by atoms with Gasteiger partial charge in [0.15, 0.2) is 0 Å². The van der Waals surface area contributed by atoms with Crippen LogP contribution < -0.4 is 25.8 Å². The molecule has 2 aliphatic rings. The maximum atomic E-state index is 15.0. The fraction of sp³-hybridized carbons (Fsp3) is 0.381. The van der Waals surface area contributed by atoms with Crippen molar-refractivity contribution in [3.8, 4) is 0 Å². The first-order valence-electron chi connectivity index (χ1n) is 10.1.